The van der Waals surface area contributed by atoms with Crippen molar-refractivity contribution in [2.75, 3.05) is 18.1 Å². The Hall–Kier alpha value is -3.45. The Morgan fingerprint density at radius 2 is 1.50 bits per heavy atom. The van der Waals surface area contributed by atoms with Crippen LogP contribution in [0.5, 0.6) is 0 Å². The van der Waals surface area contributed by atoms with E-state index >= 15 is 0 Å². The highest BCUT2D eigenvalue weighted by atomic mass is 32.2. The summed E-state index contributed by atoms with van der Waals surface area (Å²) in [5.41, 5.74) is 2.93. The molecule has 0 fully saturated rings. The van der Waals surface area contributed by atoms with Gasteiger partial charge in [-0.25, -0.2) is 8.42 Å². The van der Waals surface area contributed by atoms with E-state index < -0.39 is 9.84 Å². The number of carbonyl (C=O) groups is 2. The Balaban J connectivity index is 1.61. The molecule has 3 aromatic rings. The molecule has 0 radical (unpaired) electrons. The minimum atomic E-state index is -3.26. The lowest BCUT2D eigenvalue weighted by Crippen LogP contribution is -2.31. The van der Waals surface area contributed by atoms with Gasteiger partial charge in [-0.15, -0.1) is 0 Å². The molecular weight excluding hydrogens is 448 g/mol. The summed E-state index contributed by atoms with van der Waals surface area (Å²) in [6.45, 7) is 3.65. The van der Waals surface area contributed by atoms with Gasteiger partial charge in [0.25, 0.3) is 5.91 Å². The lowest BCUT2D eigenvalue weighted by molar-refractivity contribution is -0.115. The molecule has 0 aliphatic heterocycles. The van der Waals surface area contributed by atoms with Crippen LogP contribution in [0.3, 0.4) is 0 Å². The third-order valence-corrected chi connectivity index (χ3v) is 7.55. The van der Waals surface area contributed by atoms with Gasteiger partial charge in [0.05, 0.1) is 23.1 Å². The van der Waals surface area contributed by atoms with Crippen LogP contribution >= 0.6 is 0 Å². The summed E-state index contributed by atoms with van der Waals surface area (Å²) in [7, 11) is -1.46. The van der Waals surface area contributed by atoms with E-state index in [1.807, 2.05) is 30.3 Å². The van der Waals surface area contributed by atoms with Crippen molar-refractivity contribution in [2.45, 2.75) is 37.6 Å². The maximum atomic E-state index is 13.0. The van der Waals surface area contributed by atoms with E-state index in [-0.39, 0.29) is 34.9 Å². The van der Waals surface area contributed by atoms with E-state index in [4.69, 9.17) is 0 Å². The van der Waals surface area contributed by atoms with Crippen LogP contribution in [0, 0.1) is 0 Å². The molecule has 0 spiro atoms. The number of amides is 2. The van der Waals surface area contributed by atoms with Crippen molar-refractivity contribution in [3.8, 4) is 0 Å². The lowest BCUT2D eigenvalue weighted by atomic mass is 10.0. The first-order valence-corrected chi connectivity index (χ1v) is 12.9. The fourth-order valence-corrected chi connectivity index (χ4v) is 4.71. The van der Waals surface area contributed by atoms with Crippen molar-refractivity contribution >= 4 is 27.3 Å². The van der Waals surface area contributed by atoms with Crippen LogP contribution in [0.4, 0.5) is 5.69 Å². The Labute approximate surface area is 201 Å². The Morgan fingerprint density at radius 1 is 0.882 bits per heavy atom. The van der Waals surface area contributed by atoms with Gasteiger partial charge >= 0.3 is 0 Å². The number of sulfone groups is 1. The number of carbonyl (C=O) groups excluding carboxylic acids is 2. The van der Waals surface area contributed by atoms with Crippen molar-refractivity contribution in [1.29, 1.82) is 0 Å². The summed E-state index contributed by atoms with van der Waals surface area (Å²) in [5.74, 6) is -0.278. The number of benzene rings is 3. The number of nitrogens with one attached hydrogen (secondary N) is 1. The van der Waals surface area contributed by atoms with Crippen LogP contribution in [0.15, 0.2) is 83.8 Å². The molecule has 178 valence electrons. The molecule has 0 aromatic heterocycles. The van der Waals surface area contributed by atoms with Gasteiger partial charge in [0.1, 0.15) is 0 Å². The Bertz CT molecular complexity index is 1220. The van der Waals surface area contributed by atoms with Crippen LogP contribution in [-0.4, -0.2) is 37.9 Å². The third kappa shape index (κ3) is 6.11. The number of hydrogen-bond donors (Lipinski definition) is 1. The minimum absolute atomic E-state index is 0.0215. The molecule has 3 aromatic carbocycles. The first-order valence-electron chi connectivity index (χ1n) is 11.3. The molecule has 7 heteroatoms. The zero-order chi connectivity index (χ0) is 24.7. The second-order valence-corrected chi connectivity index (χ2v) is 10.4. The molecule has 3 rings (SSSR count). The summed E-state index contributed by atoms with van der Waals surface area (Å²) in [6, 6.07) is 23.1. The third-order valence-electron chi connectivity index (χ3n) is 5.80. The summed E-state index contributed by atoms with van der Waals surface area (Å²) in [6.07, 6.45) is 0.914. The van der Waals surface area contributed by atoms with Crippen LogP contribution in [0.25, 0.3) is 0 Å². The van der Waals surface area contributed by atoms with Crippen LogP contribution in [-0.2, 0) is 21.1 Å². The van der Waals surface area contributed by atoms with E-state index in [2.05, 4.69) is 12.2 Å². The van der Waals surface area contributed by atoms with Gasteiger partial charge in [-0.2, -0.15) is 0 Å². The highest BCUT2D eigenvalue weighted by Crippen LogP contribution is 2.24. The maximum Gasteiger partial charge on any atom is 0.254 e. The fourth-order valence-electron chi connectivity index (χ4n) is 3.82. The van der Waals surface area contributed by atoms with Gasteiger partial charge in [0.2, 0.25) is 5.91 Å². The van der Waals surface area contributed by atoms with E-state index in [9.17, 15) is 18.0 Å². The molecule has 0 aliphatic carbocycles. The minimum Gasteiger partial charge on any atom is -0.335 e. The molecule has 34 heavy (non-hydrogen) atoms. The summed E-state index contributed by atoms with van der Waals surface area (Å²) >= 11 is 0. The molecule has 1 N–H and O–H groups in total. The quantitative estimate of drug-likeness (QED) is 0.475. The zero-order valence-corrected chi connectivity index (χ0v) is 20.5. The van der Waals surface area contributed by atoms with E-state index in [1.165, 1.54) is 12.1 Å². The summed E-state index contributed by atoms with van der Waals surface area (Å²) < 4.78 is 23.8. The normalized spacial score (nSPS) is 12.1. The SMILES string of the molecule is CC[C@H](c1ccccc1)N(C)C(=O)c1ccc(NC(=O)Cc2ccc(S(=O)(=O)CC)cc2)cc1. The Kier molecular flexibility index (Phi) is 8.23. The molecule has 0 unspecified atom stereocenters. The first-order chi connectivity index (χ1) is 16.2. The maximum absolute atomic E-state index is 13.0. The van der Waals surface area contributed by atoms with Crippen molar-refractivity contribution in [3.05, 3.63) is 95.6 Å². The van der Waals surface area contributed by atoms with Crippen molar-refractivity contribution in [2.24, 2.45) is 0 Å². The standard InChI is InChI=1S/C27H30N2O4S/c1-4-25(21-9-7-6-8-10-21)29(3)27(31)22-13-15-23(16-14-22)28-26(30)19-20-11-17-24(18-12-20)34(32,33)5-2/h6-18,25H,4-5,19H2,1-3H3,(H,28,30)/t25-/m1/s1. The number of hydrogen-bond acceptors (Lipinski definition) is 4. The molecule has 1 atom stereocenters. The van der Waals surface area contributed by atoms with Gasteiger partial charge in [-0.3, -0.25) is 9.59 Å². The highest BCUT2D eigenvalue weighted by molar-refractivity contribution is 7.91. The highest BCUT2D eigenvalue weighted by Gasteiger charge is 2.21. The van der Waals surface area contributed by atoms with Gasteiger partial charge in [0, 0.05) is 18.3 Å². The van der Waals surface area contributed by atoms with Crippen molar-refractivity contribution < 1.29 is 18.0 Å². The van der Waals surface area contributed by atoms with Crippen molar-refractivity contribution in [1.82, 2.24) is 4.90 Å². The Morgan fingerprint density at radius 3 is 2.06 bits per heavy atom. The van der Waals surface area contributed by atoms with Gasteiger partial charge < -0.3 is 10.2 Å². The number of nitrogens with zero attached hydrogens (tertiary/aromatic N) is 1. The van der Waals surface area contributed by atoms with Crippen LogP contribution < -0.4 is 5.32 Å². The molecule has 6 nitrogen and oxygen atoms in total. The van der Waals surface area contributed by atoms with E-state index in [0.29, 0.717) is 16.8 Å². The molecule has 0 bridgehead atoms. The molecule has 0 saturated carbocycles. The van der Waals surface area contributed by atoms with Crippen molar-refractivity contribution in [3.63, 3.8) is 0 Å². The number of anilines is 1. The lowest BCUT2D eigenvalue weighted by Gasteiger charge is -2.28. The van der Waals surface area contributed by atoms with Crippen LogP contribution in [0.2, 0.25) is 0 Å². The topological polar surface area (TPSA) is 83.6 Å². The molecule has 2 amide bonds. The predicted octanol–water partition coefficient (Wildman–Crippen LogP) is 4.88. The summed E-state index contributed by atoms with van der Waals surface area (Å²) in [4.78, 5) is 27.4. The second-order valence-electron chi connectivity index (χ2n) is 8.10. The van der Waals surface area contributed by atoms with Gasteiger partial charge in [-0.05, 0) is 53.9 Å². The van der Waals surface area contributed by atoms with E-state index in [1.54, 1.807) is 55.3 Å². The zero-order valence-electron chi connectivity index (χ0n) is 19.7. The largest absolute Gasteiger partial charge is 0.335 e. The van der Waals surface area contributed by atoms with E-state index in [0.717, 1.165) is 12.0 Å². The van der Waals surface area contributed by atoms with Gasteiger partial charge in [0.15, 0.2) is 9.84 Å². The average Bonchev–Trinajstić information content (AvgIpc) is 2.85. The fraction of sp³-hybridized carbons (Fsp3) is 0.259. The molecule has 0 aliphatic rings. The monoisotopic (exact) mass is 478 g/mol. The molecule has 0 heterocycles. The molecular formula is C27H30N2O4S. The first kappa shape index (κ1) is 25.2. The smallest absolute Gasteiger partial charge is 0.254 e. The molecule has 0 saturated heterocycles. The number of rotatable bonds is 9. The van der Waals surface area contributed by atoms with Gasteiger partial charge in [-0.1, -0.05) is 56.3 Å². The average molecular weight is 479 g/mol. The second kappa shape index (κ2) is 11.1. The summed E-state index contributed by atoms with van der Waals surface area (Å²) in [5, 5.41) is 2.82. The predicted molar refractivity (Wildman–Crippen MR) is 135 cm³/mol. The van der Waals surface area contributed by atoms with Crippen LogP contribution in [0.1, 0.15) is 47.8 Å².